The molecular weight excluding hydrogens is 190 g/mol. The molecular formula is C11H23N3O. The van der Waals surface area contributed by atoms with Gasteiger partial charge in [0.2, 0.25) is 5.91 Å². The van der Waals surface area contributed by atoms with Crippen molar-refractivity contribution in [3.8, 4) is 0 Å². The van der Waals surface area contributed by atoms with Crippen LogP contribution >= 0.6 is 0 Å². The summed E-state index contributed by atoms with van der Waals surface area (Å²) < 4.78 is 0. The van der Waals surface area contributed by atoms with Gasteiger partial charge in [-0.05, 0) is 19.3 Å². The minimum atomic E-state index is -0.379. The van der Waals surface area contributed by atoms with Crippen molar-refractivity contribution in [1.82, 2.24) is 5.32 Å². The molecule has 4 heteroatoms. The second kappa shape index (κ2) is 7.26. The summed E-state index contributed by atoms with van der Waals surface area (Å²) >= 11 is 0. The number of amides is 1. The van der Waals surface area contributed by atoms with Crippen LogP contribution in [0.4, 0.5) is 0 Å². The van der Waals surface area contributed by atoms with E-state index >= 15 is 0 Å². The van der Waals surface area contributed by atoms with Crippen molar-refractivity contribution in [2.24, 2.45) is 16.6 Å². The third-order valence-corrected chi connectivity index (χ3v) is 1.93. The molecule has 0 aliphatic rings. The molecule has 0 fully saturated rings. The van der Waals surface area contributed by atoms with Gasteiger partial charge in [0.1, 0.15) is 6.04 Å². The van der Waals surface area contributed by atoms with Crippen LogP contribution in [0.5, 0.6) is 0 Å². The Morgan fingerprint density at radius 1 is 1.40 bits per heavy atom. The zero-order valence-electron chi connectivity index (χ0n) is 10.2. The molecule has 1 amide bonds. The van der Waals surface area contributed by atoms with E-state index in [1.165, 1.54) is 0 Å². The molecule has 0 aromatic carbocycles. The highest BCUT2D eigenvalue weighted by Crippen LogP contribution is 1.95. The number of hydrogen-bond donors (Lipinski definition) is 2. The number of nitrogens with one attached hydrogen (secondary N) is 1. The molecule has 15 heavy (non-hydrogen) atoms. The minimum Gasteiger partial charge on any atom is -0.387 e. The van der Waals surface area contributed by atoms with Gasteiger partial charge in [0.15, 0.2) is 0 Å². The summed E-state index contributed by atoms with van der Waals surface area (Å²) in [6.07, 6.45) is 1.71. The summed E-state index contributed by atoms with van der Waals surface area (Å²) in [6, 6.07) is -0.379. The largest absolute Gasteiger partial charge is 0.387 e. The Hall–Kier alpha value is -1.06. The Morgan fingerprint density at radius 3 is 2.47 bits per heavy atom. The summed E-state index contributed by atoms with van der Waals surface area (Å²) in [5.74, 6) is 0.963. The molecule has 0 bridgehead atoms. The summed E-state index contributed by atoms with van der Waals surface area (Å²) in [5, 5.41) is 2.83. The molecule has 4 nitrogen and oxygen atoms in total. The van der Waals surface area contributed by atoms with Crippen molar-refractivity contribution in [3.05, 3.63) is 0 Å². The second-order valence-electron chi connectivity index (χ2n) is 4.19. The fourth-order valence-corrected chi connectivity index (χ4v) is 1.08. The van der Waals surface area contributed by atoms with Crippen molar-refractivity contribution >= 4 is 11.7 Å². The molecule has 0 radical (unpaired) electrons. The van der Waals surface area contributed by atoms with Crippen LogP contribution in [-0.2, 0) is 4.79 Å². The van der Waals surface area contributed by atoms with Crippen molar-refractivity contribution in [2.45, 2.75) is 46.6 Å². The van der Waals surface area contributed by atoms with Gasteiger partial charge in [0, 0.05) is 13.0 Å². The first-order chi connectivity index (χ1) is 6.97. The number of carbonyl (C=O) groups is 1. The van der Waals surface area contributed by atoms with Crippen molar-refractivity contribution in [2.75, 3.05) is 6.54 Å². The number of aliphatic imine (C=N–C) groups is 1. The standard InChI is InChI=1S/C11H23N3O/c1-5-6-10(12)14-9(4)11(15)13-7-8(2)3/h8-9H,5-7H2,1-4H3,(H2,12,14)(H,13,15). The van der Waals surface area contributed by atoms with E-state index in [1.54, 1.807) is 6.92 Å². The van der Waals surface area contributed by atoms with Crippen LogP contribution in [-0.4, -0.2) is 24.3 Å². The monoisotopic (exact) mass is 213 g/mol. The van der Waals surface area contributed by atoms with Crippen LogP contribution in [0.25, 0.3) is 0 Å². The molecule has 0 aliphatic heterocycles. The van der Waals surface area contributed by atoms with E-state index in [0.717, 1.165) is 12.8 Å². The zero-order chi connectivity index (χ0) is 11.8. The van der Waals surface area contributed by atoms with Crippen LogP contribution in [0.2, 0.25) is 0 Å². The Labute approximate surface area is 92.3 Å². The molecule has 0 rings (SSSR count). The van der Waals surface area contributed by atoms with Crippen LogP contribution in [0.15, 0.2) is 4.99 Å². The van der Waals surface area contributed by atoms with Gasteiger partial charge in [-0.15, -0.1) is 0 Å². The zero-order valence-corrected chi connectivity index (χ0v) is 10.2. The quantitative estimate of drug-likeness (QED) is 0.516. The first-order valence-electron chi connectivity index (χ1n) is 5.57. The van der Waals surface area contributed by atoms with Gasteiger partial charge in [0.25, 0.3) is 0 Å². The first-order valence-corrected chi connectivity index (χ1v) is 5.57. The lowest BCUT2D eigenvalue weighted by molar-refractivity contribution is -0.122. The van der Waals surface area contributed by atoms with Crippen LogP contribution in [0.3, 0.4) is 0 Å². The van der Waals surface area contributed by atoms with Gasteiger partial charge in [-0.3, -0.25) is 9.79 Å². The van der Waals surface area contributed by atoms with E-state index in [9.17, 15) is 4.79 Å². The third-order valence-electron chi connectivity index (χ3n) is 1.93. The first kappa shape index (κ1) is 13.9. The highest BCUT2D eigenvalue weighted by molar-refractivity contribution is 5.87. The molecule has 0 aromatic rings. The van der Waals surface area contributed by atoms with Gasteiger partial charge < -0.3 is 11.1 Å². The lowest BCUT2D eigenvalue weighted by Crippen LogP contribution is -2.35. The molecule has 1 unspecified atom stereocenters. The van der Waals surface area contributed by atoms with Gasteiger partial charge in [-0.1, -0.05) is 20.8 Å². The number of nitrogens with zero attached hydrogens (tertiary/aromatic N) is 1. The fraction of sp³-hybridized carbons (Fsp3) is 0.818. The Morgan fingerprint density at radius 2 is 2.00 bits per heavy atom. The number of hydrogen-bond acceptors (Lipinski definition) is 2. The van der Waals surface area contributed by atoms with Gasteiger partial charge >= 0.3 is 0 Å². The van der Waals surface area contributed by atoms with Crippen LogP contribution < -0.4 is 11.1 Å². The van der Waals surface area contributed by atoms with Crippen LogP contribution in [0.1, 0.15) is 40.5 Å². The lowest BCUT2D eigenvalue weighted by Gasteiger charge is -2.11. The Kier molecular flexibility index (Phi) is 6.75. The van der Waals surface area contributed by atoms with Gasteiger partial charge in [-0.25, -0.2) is 0 Å². The molecule has 88 valence electrons. The molecule has 0 aliphatic carbocycles. The van der Waals surface area contributed by atoms with E-state index in [2.05, 4.69) is 24.2 Å². The number of carbonyl (C=O) groups excluding carboxylic acids is 1. The topological polar surface area (TPSA) is 67.5 Å². The highest BCUT2D eigenvalue weighted by atomic mass is 16.2. The highest BCUT2D eigenvalue weighted by Gasteiger charge is 2.11. The maximum absolute atomic E-state index is 11.5. The number of rotatable bonds is 6. The predicted molar refractivity (Wildman–Crippen MR) is 63.8 cm³/mol. The molecule has 0 saturated carbocycles. The third kappa shape index (κ3) is 6.94. The molecule has 3 N–H and O–H groups in total. The minimum absolute atomic E-state index is 0.0530. The van der Waals surface area contributed by atoms with E-state index in [0.29, 0.717) is 18.3 Å². The maximum atomic E-state index is 11.5. The molecule has 0 saturated heterocycles. The lowest BCUT2D eigenvalue weighted by atomic mass is 10.2. The molecule has 0 heterocycles. The fourth-order valence-electron chi connectivity index (χ4n) is 1.08. The smallest absolute Gasteiger partial charge is 0.244 e. The summed E-state index contributed by atoms with van der Waals surface area (Å²) in [7, 11) is 0. The van der Waals surface area contributed by atoms with E-state index < -0.39 is 0 Å². The Bertz CT molecular complexity index is 224. The molecule has 1 atom stereocenters. The summed E-state index contributed by atoms with van der Waals surface area (Å²) in [6.45, 7) is 8.59. The average Bonchev–Trinajstić information content (AvgIpc) is 2.14. The van der Waals surface area contributed by atoms with E-state index in [4.69, 9.17) is 5.73 Å². The summed E-state index contributed by atoms with van der Waals surface area (Å²) in [5.41, 5.74) is 5.65. The second-order valence-corrected chi connectivity index (χ2v) is 4.19. The van der Waals surface area contributed by atoms with Gasteiger partial charge in [0.05, 0.1) is 5.84 Å². The molecule has 0 aromatic heterocycles. The van der Waals surface area contributed by atoms with E-state index in [1.807, 2.05) is 6.92 Å². The predicted octanol–water partition coefficient (Wildman–Crippen LogP) is 1.30. The number of amidine groups is 1. The molecule has 0 spiro atoms. The summed E-state index contributed by atoms with van der Waals surface area (Å²) in [4.78, 5) is 15.6. The maximum Gasteiger partial charge on any atom is 0.244 e. The Balaban J connectivity index is 4.03. The normalized spacial score (nSPS) is 14.1. The number of nitrogens with two attached hydrogens (primary N) is 1. The van der Waals surface area contributed by atoms with Gasteiger partial charge in [-0.2, -0.15) is 0 Å². The van der Waals surface area contributed by atoms with Crippen LogP contribution in [0, 0.1) is 5.92 Å². The SMILES string of the molecule is CCCC(N)=NC(C)C(=O)NCC(C)C. The van der Waals surface area contributed by atoms with Crippen molar-refractivity contribution in [1.29, 1.82) is 0 Å². The average molecular weight is 213 g/mol. The van der Waals surface area contributed by atoms with E-state index in [-0.39, 0.29) is 11.9 Å². The van der Waals surface area contributed by atoms with Crippen molar-refractivity contribution in [3.63, 3.8) is 0 Å². The van der Waals surface area contributed by atoms with Crippen molar-refractivity contribution < 1.29 is 4.79 Å².